The second-order valence-electron chi connectivity index (χ2n) is 15.1. The third kappa shape index (κ3) is 6.70. The van der Waals surface area contributed by atoms with Crippen molar-refractivity contribution in [3.63, 3.8) is 0 Å². The molecule has 6 aromatic carbocycles. The predicted octanol–water partition coefficient (Wildman–Crippen LogP) is 15.2. The molecular weight excluding hydrogens is 667 g/mol. The van der Waals surface area contributed by atoms with Crippen molar-refractivity contribution in [1.29, 1.82) is 0 Å². The average molecular weight is 714 g/mol. The number of nitrogens with zero attached hydrogens (tertiary/aromatic N) is 1. The van der Waals surface area contributed by atoms with Gasteiger partial charge in [-0.2, -0.15) is 0 Å². The van der Waals surface area contributed by atoms with E-state index in [-0.39, 0.29) is 5.41 Å². The van der Waals surface area contributed by atoms with Gasteiger partial charge in [0.15, 0.2) is 0 Å². The van der Waals surface area contributed by atoms with Crippen LogP contribution >= 0.6 is 0 Å². The van der Waals surface area contributed by atoms with E-state index >= 15 is 0 Å². The number of benzene rings is 6. The minimum Gasteiger partial charge on any atom is -0.455 e. The number of furan rings is 1. The van der Waals surface area contributed by atoms with Crippen LogP contribution in [0.15, 0.2) is 198 Å². The minimum atomic E-state index is -0.142. The summed E-state index contributed by atoms with van der Waals surface area (Å²) in [5.74, 6) is 0. The lowest BCUT2D eigenvalue weighted by atomic mass is 9.82. The van der Waals surface area contributed by atoms with Crippen molar-refractivity contribution in [2.45, 2.75) is 46.0 Å². The monoisotopic (exact) mass is 713 g/mol. The van der Waals surface area contributed by atoms with Gasteiger partial charge in [-0.3, -0.25) is 0 Å². The number of unbranched alkanes of at least 4 members (excludes halogenated alkanes) is 1. The van der Waals surface area contributed by atoms with Gasteiger partial charge in [0.1, 0.15) is 11.2 Å². The highest BCUT2D eigenvalue weighted by Crippen LogP contribution is 2.50. The van der Waals surface area contributed by atoms with Gasteiger partial charge in [0.05, 0.1) is 0 Å². The third-order valence-electron chi connectivity index (χ3n) is 11.2. The Balaban J connectivity index is 1.30. The summed E-state index contributed by atoms with van der Waals surface area (Å²) in [7, 11) is 0. The molecule has 0 amide bonds. The molecule has 55 heavy (non-hydrogen) atoms. The highest BCUT2D eigenvalue weighted by Gasteiger charge is 2.35. The molecule has 1 heterocycles. The Morgan fingerprint density at radius 3 is 2.13 bits per heavy atom. The van der Waals surface area contributed by atoms with E-state index in [1.165, 1.54) is 33.4 Å². The topological polar surface area (TPSA) is 16.4 Å². The lowest BCUT2D eigenvalue weighted by Crippen LogP contribution is -2.19. The smallest absolute Gasteiger partial charge is 0.143 e. The highest BCUT2D eigenvalue weighted by molar-refractivity contribution is 6.09. The summed E-state index contributed by atoms with van der Waals surface area (Å²) in [6.07, 6.45) is 10.6. The zero-order valence-corrected chi connectivity index (χ0v) is 32.3. The van der Waals surface area contributed by atoms with Crippen LogP contribution in [0.25, 0.3) is 49.8 Å². The number of rotatable bonds is 11. The lowest BCUT2D eigenvalue weighted by molar-refractivity contribution is 0.660. The summed E-state index contributed by atoms with van der Waals surface area (Å²) in [6, 6.07) is 50.0. The van der Waals surface area contributed by atoms with E-state index in [1.807, 2.05) is 18.2 Å². The fourth-order valence-electron chi connectivity index (χ4n) is 8.06. The molecule has 0 saturated heterocycles. The molecule has 1 aromatic heterocycles. The Hall–Kier alpha value is -6.38. The molecule has 0 spiro atoms. The van der Waals surface area contributed by atoms with Gasteiger partial charge in [-0.15, -0.1) is 6.58 Å². The average Bonchev–Trinajstić information content (AvgIpc) is 3.70. The van der Waals surface area contributed by atoms with Crippen molar-refractivity contribution < 1.29 is 4.42 Å². The molecule has 2 heteroatoms. The molecule has 8 rings (SSSR count). The van der Waals surface area contributed by atoms with Gasteiger partial charge in [0.2, 0.25) is 0 Å². The lowest BCUT2D eigenvalue weighted by Gasteiger charge is -2.29. The SMILES string of the molecule is C=CCC/C=C(\C)C(=C)/C=C(\C=C(/C)c1ccccc1)N(c1ccc(-c2cccc3c2oc2ccccc23)cc1)c1ccc2c(c1)C(C)(C)c1ccccc1-2. The number of fused-ring (bicyclic) bond motifs is 6. The summed E-state index contributed by atoms with van der Waals surface area (Å²) in [6.45, 7) is 17.5. The van der Waals surface area contributed by atoms with Crippen molar-refractivity contribution in [3.05, 3.63) is 211 Å². The summed E-state index contributed by atoms with van der Waals surface area (Å²) in [5.41, 5.74) is 16.8. The van der Waals surface area contributed by atoms with E-state index in [2.05, 4.69) is 191 Å². The first-order chi connectivity index (χ1) is 26.7. The van der Waals surface area contributed by atoms with Crippen molar-refractivity contribution in [2.24, 2.45) is 0 Å². The van der Waals surface area contributed by atoms with Gasteiger partial charge in [0, 0.05) is 38.8 Å². The number of hydrogen-bond donors (Lipinski definition) is 0. The first kappa shape index (κ1) is 35.6. The Morgan fingerprint density at radius 2 is 1.33 bits per heavy atom. The van der Waals surface area contributed by atoms with Crippen LogP contribution in [0, 0.1) is 0 Å². The zero-order valence-electron chi connectivity index (χ0n) is 32.3. The van der Waals surface area contributed by atoms with E-state index in [0.29, 0.717) is 0 Å². The van der Waals surface area contributed by atoms with E-state index in [4.69, 9.17) is 4.42 Å². The Labute approximate surface area is 325 Å². The second kappa shape index (κ2) is 14.8. The summed E-state index contributed by atoms with van der Waals surface area (Å²) >= 11 is 0. The van der Waals surface area contributed by atoms with Gasteiger partial charge in [0.25, 0.3) is 0 Å². The maximum atomic E-state index is 6.45. The fraction of sp³-hybridized carbons (Fsp3) is 0.132. The van der Waals surface area contributed by atoms with Gasteiger partial charge in [-0.25, -0.2) is 0 Å². The third-order valence-corrected chi connectivity index (χ3v) is 11.2. The van der Waals surface area contributed by atoms with Gasteiger partial charge in [-0.05, 0) is 119 Å². The molecule has 0 atom stereocenters. The Bertz CT molecular complexity index is 2660. The predicted molar refractivity (Wildman–Crippen MR) is 236 cm³/mol. The zero-order chi connectivity index (χ0) is 38.1. The van der Waals surface area contributed by atoms with Crippen LogP contribution in [0.5, 0.6) is 0 Å². The largest absolute Gasteiger partial charge is 0.455 e. The summed E-state index contributed by atoms with van der Waals surface area (Å²) < 4.78 is 6.45. The van der Waals surface area contributed by atoms with Gasteiger partial charge >= 0.3 is 0 Å². The molecule has 270 valence electrons. The number of para-hydroxylation sites is 2. The van der Waals surface area contributed by atoms with E-state index in [9.17, 15) is 0 Å². The molecule has 7 aromatic rings. The van der Waals surface area contributed by atoms with Crippen molar-refractivity contribution in [2.75, 3.05) is 4.90 Å². The van der Waals surface area contributed by atoms with Crippen LogP contribution in [0.3, 0.4) is 0 Å². The normalized spacial score (nSPS) is 13.9. The standard InChI is InChI=1S/C53H47NO/c1-7-8-10-18-36(2)37(3)33-43(34-38(4)39-19-11-9-12-20-39)54(42-31-32-46-45-21-13-15-25-49(45)53(5,6)50(46)35-42)41-29-27-40(28-30-41)44-23-17-24-48-47-22-14-16-26-51(47)55-52(44)48/h7,9,11-35H,1,3,8,10H2,2,4-6H3/b36-18+,38-34+,43-33+. The van der Waals surface area contributed by atoms with Crippen molar-refractivity contribution in [1.82, 2.24) is 0 Å². The van der Waals surface area contributed by atoms with E-state index < -0.39 is 0 Å². The molecular formula is C53H47NO. The molecule has 0 bridgehead atoms. The van der Waals surface area contributed by atoms with Gasteiger partial charge in [-0.1, -0.05) is 142 Å². The fourth-order valence-corrected chi connectivity index (χ4v) is 8.06. The van der Waals surface area contributed by atoms with Crippen molar-refractivity contribution in [3.8, 4) is 22.3 Å². The second-order valence-corrected chi connectivity index (χ2v) is 15.1. The molecule has 1 aliphatic carbocycles. The molecule has 0 unspecified atom stereocenters. The number of allylic oxidation sites excluding steroid dienone is 7. The quantitative estimate of drug-likeness (QED) is 0.0754. The van der Waals surface area contributed by atoms with Crippen LogP contribution < -0.4 is 4.90 Å². The Morgan fingerprint density at radius 1 is 0.655 bits per heavy atom. The maximum Gasteiger partial charge on any atom is 0.143 e. The molecule has 0 radical (unpaired) electrons. The van der Waals surface area contributed by atoms with Gasteiger partial charge < -0.3 is 9.32 Å². The van der Waals surface area contributed by atoms with Crippen LogP contribution in [-0.2, 0) is 5.41 Å². The Kier molecular flexibility index (Phi) is 9.59. The van der Waals surface area contributed by atoms with E-state index in [0.717, 1.165) is 74.1 Å². The highest BCUT2D eigenvalue weighted by atomic mass is 16.3. The van der Waals surface area contributed by atoms with Crippen molar-refractivity contribution >= 4 is 38.9 Å². The van der Waals surface area contributed by atoms with E-state index in [1.54, 1.807) is 0 Å². The summed E-state index contributed by atoms with van der Waals surface area (Å²) in [4.78, 5) is 2.39. The van der Waals surface area contributed by atoms with Crippen LogP contribution in [0.2, 0.25) is 0 Å². The summed E-state index contributed by atoms with van der Waals surface area (Å²) in [5, 5.41) is 2.26. The maximum absolute atomic E-state index is 6.45. The molecule has 1 aliphatic rings. The molecule has 0 N–H and O–H groups in total. The minimum absolute atomic E-state index is 0.142. The van der Waals surface area contributed by atoms with Crippen LogP contribution in [0.4, 0.5) is 11.4 Å². The molecule has 0 fully saturated rings. The van der Waals surface area contributed by atoms with Crippen LogP contribution in [-0.4, -0.2) is 0 Å². The molecule has 0 saturated carbocycles. The first-order valence-corrected chi connectivity index (χ1v) is 19.2. The van der Waals surface area contributed by atoms with Crippen LogP contribution in [0.1, 0.15) is 57.2 Å². The first-order valence-electron chi connectivity index (χ1n) is 19.2. The molecule has 0 aliphatic heterocycles. The number of hydrogen-bond acceptors (Lipinski definition) is 2. The number of anilines is 2. The molecule has 2 nitrogen and oxygen atoms in total.